The van der Waals surface area contributed by atoms with Crippen molar-refractivity contribution in [2.24, 2.45) is 0 Å². The van der Waals surface area contributed by atoms with Crippen LogP contribution in [-0.4, -0.2) is 14.1 Å². The number of hydrogen-bond donors (Lipinski definition) is 0. The van der Waals surface area contributed by atoms with Crippen LogP contribution in [0, 0.1) is 0 Å². The normalized spacial score (nSPS) is 11.5. The summed E-state index contributed by atoms with van der Waals surface area (Å²) in [6.45, 7) is 0. The van der Waals surface area contributed by atoms with E-state index in [1.165, 1.54) is 44.2 Å². The van der Waals surface area contributed by atoms with Crippen molar-refractivity contribution in [2.75, 3.05) is 0 Å². The van der Waals surface area contributed by atoms with Gasteiger partial charge in [0.1, 0.15) is 5.82 Å². The van der Waals surface area contributed by atoms with Crippen LogP contribution < -0.4 is 0 Å². The third kappa shape index (κ3) is 4.17. The Morgan fingerprint density at radius 1 is 0.348 bits per heavy atom. The van der Waals surface area contributed by atoms with E-state index in [2.05, 4.69) is 179 Å². The Morgan fingerprint density at radius 3 is 1.50 bits per heavy atom. The molecule has 0 atom stereocenters. The Balaban J connectivity index is 1.27. The molecule has 0 spiro atoms. The van der Waals surface area contributed by atoms with Crippen LogP contribution >= 0.6 is 0 Å². The van der Waals surface area contributed by atoms with Crippen LogP contribution in [0.15, 0.2) is 176 Å². The fourth-order valence-electron chi connectivity index (χ4n) is 6.89. The maximum Gasteiger partial charge on any atom is 0.145 e. The van der Waals surface area contributed by atoms with Crippen LogP contribution in [0.3, 0.4) is 0 Å². The minimum atomic E-state index is 0.930. The summed E-state index contributed by atoms with van der Waals surface area (Å²) in [4.78, 5) is 5.10. The van der Waals surface area contributed by atoms with Crippen LogP contribution in [0.4, 0.5) is 0 Å². The van der Waals surface area contributed by atoms with Crippen LogP contribution in [0.5, 0.6) is 0 Å². The molecule has 216 valence electrons. The van der Waals surface area contributed by atoms with Gasteiger partial charge >= 0.3 is 0 Å². The standard InChI is InChI=1S/C43H29N3/c1-3-14-30(15-4-1)34-20-13-21-35(42(34)46-39-23-10-7-18-36(39)37-19-8-11-24-40(37)46)31-26-28-32(29-27-31)43-44-38-22-9-12-25-41(38)45(43)33-16-5-2-6-17-33/h1-29H. The van der Waals surface area contributed by atoms with E-state index in [9.17, 15) is 0 Å². The molecule has 7 aromatic carbocycles. The molecule has 0 saturated heterocycles. The van der Waals surface area contributed by atoms with Crippen molar-refractivity contribution in [3.8, 4) is 45.0 Å². The summed E-state index contributed by atoms with van der Waals surface area (Å²) in [6.07, 6.45) is 0. The Kier molecular flexibility index (Phi) is 6.14. The van der Waals surface area contributed by atoms with Gasteiger partial charge in [-0.3, -0.25) is 4.57 Å². The van der Waals surface area contributed by atoms with Crippen molar-refractivity contribution in [1.82, 2.24) is 14.1 Å². The molecular formula is C43H29N3. The number of para-hydroxylation sites is 6. The predicted octanol–water partition coefficient (Wildman–Crippen LogP) is 11.1. The lowest BCUT2D eigenvalue weighted by Crippen LogP contribution is -2.01. The molecule has 2 heterocycles. The van der Waals surface area contributed by atoms with Crippen LogP contribution in [0.2, 0.25) is 0 Å². The molecule has 0 fully saturated rings. The van der Waals surface area contributed by atoms with Gasteiger partial charge in [-0.15, -0.1) is 0 Å². The lowest BCUT2D eigenvalue weighted by molar-refractivity contribution is 1.10. The summed E-state index contributed by atoms with van der Waals surface area (Å²) in [6, 6.07) is 62.6. The van der Waals surface area contributed by atoms with Crippen molar-refractivity contribution in [3.05, 3.63) is 176 Å². The molecule has 0 amide bonds. The van der Waals surface area contributed by atoms with E-state index in [-0.39, 0.29) is 0 Å². The molecule has 0 bridgehead atoms. The fourth-order valence-corrected chi connectivity index (χ4v) is 6.89. The summed E-state index contributed by atoms with van der Waals surface area (Å²) in [7, 11) is 0. The summed E-state index contributed by atoms with van der Waals surface area (Å²) in [5, 5.41) is 2.50. The van der Waals surface area contributed by atoms with Crippen LogP contribution in [0.1, 0.15) is 0 Å². The van der Waals surface area contributed by atoms with Gasteiger partial charge in [-0.05, 0) is 47.5 Å². The Labute approximate surface area is 267 Å². The first-order valence-electron chi connectivity index (χ1n) is 15.7. The van der Waals surface area contributed by atoms with E-state index in [0.29, 0.717) is 0 Å². The fraction of sp³-hybridized carbons (Fsp3) is 0. The largest absolute Gasteiger partial charge is 0.308 e. The van der Waals surface area contributed by atoms with Gasteiger partial charge in [0.05, 0.1) is 27.8 Å². The lowest BCUT2D eigenvalue weighted by Gasteiger charge is -2.19. The maximum atomic E-state index is 5.10. The Bertz CT molecular complexity index is 2450. The highest BCUT2D eigenvalue weighted by atomic mass is 15.1. The quantitative estimate of drug-likeness (QED) is 0.196. The van der Waals surface area contributed by atoms with Gasteiger partial charge in [-0.25, -0.2) is 4.98 Å². The summed E-state index contributed by atoms with van der Waals surface area (Å²) >= 11 is 0. The Hall–Kier alpha value is -6.19. The molecule has 9 rings (SSSR count). The van der Waals surface area contributed by atoms with Gasteiger partial charge in [-0.1, -0.05) is 140 Å². The third-order valence-corrected chi connectivity index (χ3v) is 8.95. The summed E-state index contributed by atoms with van der Waals surface area (Å²) < 4.78 is 4.70. The van der Waals surface area contributed by atoms with E-state index in [4.69, 9.17) is 4.98 Å². The maximum absolute atomic E-state index is 5.10. The number of rotatable bonds is 5. The molecule has 0 unspecified atom stereocenters. The average molecular weight is 588 g/mol. The number of imidazole rings is 1. The molecule has 2 aromatic heterocycles. The van der Waals surface area contributed by atoms with Gasteiger partial charge < -0.3 is 4.57 Å². The van der Waals surface area contributed by atoms with E-state index in [1.807, 2.05) is 6.07 Å². The molecule has 46 heavy (non-hydrogen) atoms. The zero-order chi connectivity index (χ0) is 30.5. The average Bonchev–Trinajstić information content (AvgIpc) is 3.69. The molecule has 0 saturated carbocycles. The number of hydrogen-bond acceptors (Lipinski definition) is 1. The molecular weight excluding hydrogens is 558 g/mol. The first-order chi connectivity index (χ1) is 22.8. The van der Waals surface area contributed by atoms with Gasteiger partial charge in [-0.2, -0.15) is 0 Å². The van der Waals surface area contributed by atoms with E-state index in [1.54, 1.807) is 0 Å². The van der Waals surface area contributed by atoms with Crippen molar-refractivity contribution in [2.45, 2.75) is 0 Å². The topological polar surface area (TPSA) is 22.8 Å². The highest BCUT2D eigenvalue weighted by Gasteiger charge is 2.20. The van der Waals surface area contributed by atoms with Crippen LogP contribution in [-0.2, 0) is 0 Å². The Morgan fingerprint density at radius 2 is 0.848 bits per heavy atom. The van der Waals surface area contributed by atoms with E-state index in [0.717, 1.165) is 33.7 Å². The molecule has 0 aliphatic rings. The molecule has 3 nitrogen and oxygen atoms in total. The predicted molar refractivity (Wildman–Crippen MR) is 192 cm³/mol. The van der Waals surface area contributed by atoms with Crippen LogP contribution in [0.25, 0.3) is 77.9 Å². The van der Waals surface area contributed by atoms with Crippen molar-refractivity contribution in [3.63, 3.8) is 0 Å². The number of fused-ring (bicyclic) bond motifs is 4. The second kappa shape index (κ2) is 10.8. The van der Waals surface area contributed by atoms with Crippen molar-refractivity contribution in [1.29, 1.82) is 0 Å². The minimum Gasteiger partial charge on any atom is -0.308 e. The molecule has 3 heteroatoms. The lowest BCUT2D eigenvalue weighted by atomic mass is 9.95. The van der Waals surface area contributed by atoms with Gasteiger partial charge in [0.15, 0.2) is 0 Å². The van der Waals surface area contributed by atoms with Crippen molar-refractivity contribution >= 4 is 32.8 Å². The monoisotopic (exact) mass is 587 g/mol. The third-order valence-electron chi connectivity index (χ3n) is 8.95. The van der Waals surface area contributed by atoms with Gasteiger partial charge in [0.25, 0.3) is 0 Å². The zero-order valence-corrected chi connectivity index (χ0v) is 25.1. The second-order valence-corrected chi connectivity index (χ2v) is 11.6. The summed E-state index contributed by atoms with van der Waals surface area (Å²) in [5.41, 5.74) is 12.5. The second-order valence-electron chi connectivity index (χ2n) is 11.6. The molecule has 0 radical (unpaired) electrons. The first kappa shape index (κ1) is 26.2. The number of benzene rings is 7. The number of nitrogens with zero attached hydrogens (tertiary/aromatic N) is 3. The zero-order valence-electron chi connectivity index (χ0n) is 25.1. The molecule has 0 aliphatic heterocycles. The first-order valence-corrected chi connectivity index (χ1v) is 15.7. The SMILES string of the molecule is c1ccc(-c2cccc(-c3ccc(-c4nc5ccccc5n4-c4ccccc4)cc3)c2-n2c3ccccc3c3ccccc32)cc1. The summed E-state index contributed by atoms with van der Waals surface area (Å²) in [5.74, 6) is 0.930. The molecule has 9 aromatic rings. The smallest absolute Gasteiger partial charge is 0.145 e. The molecule has 0 N–H and O–H groups in total. The van der Waals surface area contributed by atoms with Crippen molar-refractivity contribution < 1.29 is 0 Å². The van der Waals surface area contributed by atoms with E-state index < -0.39 is 0 Å². The molecule has 0 aliphatic carbocycles. The number of aromatic nitrogens is 3. The highest BCUT2D eigenvalue weighted by Crippen LogP contribution is 2.41. The van der Waals surface area contributed by atoms with Gasteiger partial charge in [0, 0.05) is 33.2 Å². The van der Waals surface area contributed by atoms with E-state index >= 15 is 0 Å². The minimum absolute atomic E-state index is 0.930. The highest BCUT2D eigenvalue weighted by molar-refractivity contribution is 6.10. The van der Waals surface area contributed by atoms with Gasteiger partial charge in [0.2, 0.25) is 0 Å².